The first kappa shape index (κ1) is 13.2. The van der Waals surface area contributed by atoms with Crippen LogP contribution in [-0.4, -0.2) is 36.5 Å². The maximum Gasteiger partial charge on any atom is 0.452 e. The van der Waals surface area contributed by atoms with Crippen LogP contribution in [-0.2, 0) is 6.18 Å². The van der Waals surface area contributed by atoms with Gasteiger partial charge in [0.2, 0.25) is 11.0 Å². The van der Waals surface area contributed by atoms with E-state index in [1.807, 2.05) is 7.05 Å². The molecule has 0 radical (unpaired) electrons. The first-order valence-electron chi connectivity index (χ1n) is 4.72. The molecule has 1 heterocycles. The Morgan fingerprint density at radius 1 is 1.44 bits per heavy atom. The number of anilines is 1. The molecule has 1 rings (SSSR count). The summed E-state index contributed by atoms with van der Waals surface area (Å²) >= 11 is 0.767. The van der Waals surface area contributed by atoms with Crippen molar-refractivity contribution >= 4 is 16.7 Å². The number of nitrogens with one attached hydrogen (secondary N) is 1. The number of rotatable bonds is 5. The summed E-state index contributed by atoms with van der Waals surface area (Å²) in [6.45, 7) is 1.46. The first-order valence-corrected chi connectivity index (χ1v) is 5.49. The highest BCUT2D eigenvalue weighted by Crippen LogP contribution is 2.29. The molecule has 8 heteroatoms. The van der Waals surface area contributed by atoms with E-state index < -0.39 is 12.0 Å². The Morgan fingerprint density at radius 2 is 2.12 bits per heavy atom. The fourth-order valence-electron chi connectivity index (χ4n) is 1.07. The number of hydrogen-bond donors (Lipinski definition) is 1. The minimum absolute atomic E-state index is 0.295. The second-order valence-corrected chi connectivity index (χ2v) is 4.01. The molecule has 0 aromatic carbocycles. The van der Waals surface area contributed by atoms with Crippen LogP contribution in [0, 0.1) is 0 Å². The van der Waals surface area contributed by atoms with Crippen molar-refractivity contribution in [2.45, 2.75) is 12.6 Å². The SMILES string of the molecule is CNCCCN(C)c1nc(C(F)(F)F)ns1. The molecule has 0 aliphatic heterocycles. The Bertz CT molecular complexity index is 325. The lowest BCUT2D eigenvalue weighted by atomic mass is 10.4. The first-order chi connectivity index (χ1) is 7.45. The molecule has 0 atom stereocenters. The molecule has 0 bridgehead atoms. The van der Waals surface area contributed by atoms with Gasteiger partial charge in [-0.2, -0.15) is 22.5 Å². The third-order valence-corrected chi connectivity index (χ3v) is 2.75. The molecular weight excluding hydrogens is 241 g/mol. The summed E-state index contributed by atoms with van der Waals surface area (Å²) in [6.07, 6.45) is -3.62. The van der Waals surface area contributed by atoms with Crippen molar-refractivity contribution in [1.82, 2.24) is 14.7 Å². The van der Waals surface area contributed by atoms with Crippen molar-refractivity contribution in [3.8, 4) is 0 Å². The van der Waals surface area contributed by atoms with Crippen LogP contribution in [0.25, 0.3) is 0 Å². The van der Waals surface area contributed by atoms with Crippen molar-refractivity contribution in [3.63, 3.8) is 0 Å². The van der Waals surface area contributed by atoms with Crippen LogP contribution in [0.15, 0.2) is 0 Å². The number of aromatic nitrogens is 2. The molecule has 0 fully saturated rings. The topological polar surface area (TPSA) is 41.0 Å². The van der Waals surface area contributed by atoms with E-state index in [1.165, 1.54) is 0 Å². The molecule has 1 aromatic heterocycles. The van der Waals surface area contributed by atoms with Gasteiger partial charge in [0.25, 0.3) is 0 Å². The van der Waals surface area contributed by atoms with E-state index in [2.05, 4.69) is 14.7 Å². The third kappa shape index (κ3) is 3.60. The summed E-state index contributed by atoms with van der Waals surface area (Å²) in [5.41, 5.74) is 0. The Balaban J connectivity index is 2.56. The van der Waals surface area contributed by atoms with Gasteiger partial charge in [0.1, 0.15) is 0 Å². The summed E-state index contributed by atoms with van der Waals surface area (Å²) in [5, 5.41) is 3.26. The van der Waals surface area contributed by atoms with E-state index in [0.717, 1.165) is 24.5 Å². The second-order valence-electron chi connectivity index (χ2n) is 3.28. The summed E-state index contributed by atoms with van der Waals surface area (Å²) in [7, 11) is 3.53. The fourth-order valence-corrected chi connectivity index (χ4v) is 1.74. The standard InChI is InChI=1S/C8H13F3N4S/c1-12-4-3-5-15(2)7-13-6(14-16-7)8(9,10)11/h12H,3-5H2,1-2H3. The summed E-state index contributed by atoms with van der Waals surface area (Å²) in [6, 6.07) is 0. The van der Waals surface area contributed by atoms with Crippen LogP contribution in [0.1, 0.15) is 12.2 Å². The minimum Gasteiger partial charge on any atom is -0.350 e. The van der Waals surface area contributed by atoms with Crippen LogP contribution in [0.4, 0.5) is 18.3 Å². The van der Waals surface area contributed by atoms with Crippen LogP contribution >= 0.6 is 11.5 Å². The van der Waals surface area contributed by atoms with Gasteiger partial charge in [-0.05, 0) is 20.0 Å². The smallest absolute Gasteiger partial charge is 0.350 e. The van der Waals surface area contributed by atoms with Gasteiger partial charge in [0.05, 0.1) is 0 Å². The maximum atomic E-state index is 12.2. The molecule has 1 aromatic rings. The molecule has 0 unspecified atom stereocenters. The number of halogens is 3. The molecule has 0 saturated carbocycles. The predicted octanol–water partition coefficient (Wildman–Crippen LogP) is 1.60. The van der Waals surface area contributed by atoms with E-state index in [0.29, 0.717) is 11.7 Å². The van der Waals surface area contributed by atoms with Crippen LogP contribution in [0.5, 0.6) is 0 Å². The normalized spacial score (nSPS) is 11.8. The average Bonchev–Trinajstić information content (AvgIpc) is 2.66. The van der Waals surface area contributed by atoms with Gasteiger partial charge >= 0.3 is 6.18 Å². The molecule has 4 nitrogen and oxygen atoms in total. The van der Waals surface area contributed by atoms with E-state index in [-0.39, 0.29) is 0 Å². The molecule has 0 aliphatic carbocycles. The zero-order valence-electron chi connectivity index (χ0n) is 9.01. The van der Waals surface area contributed by atoms with Crippen molar-refractivity contribution in [2.75, 3.05) is 32.1 Å². The fraction of sp³-hybridized carbons (Fsp3) is 0.750. The highest BCUT2D eigenvalue weighted by atomic mass is 32.1. The Hall–Kier alpha value is -0.890. The quantitative estimate of drug-likeness (QED) is 0.810. The monoisotopic (exact) mass is 254 g/mol. The van der Waals surface area contributed by atoms with Gasteiger partial charge < -0.3 is 10.2 Å². The molecule has 0 spiro atoms. The van der Waals surface area contributed by atoms with Gasteiger partial charge in [0, 0.05) is 25.1 Å². The summed E-state index contributed by atoms with van der Waals surface area (Å²) < 4.78 is 40.0. The Morgan fingerprint density at radius 3 is 2.62 bits per heavy atom. The van der Waals surface area contributed by atoms with Crippen molar-refractivity contribution in [2.24, 2.45) is 0 Å². The van der Waals surface area contributed by atoms with Crippen LogP contribution in [0.2, 0.25) is 0 Å². The Labute approximate surface area is 95.6 Å². The largest absolute Gasteiger partial charge is 0.452 e. The minimum atomic E-state index is -4.46. The lowest BCUT2D eigenvalue weighted by Crippen LogP contribution is -2.22. The highest BCUT2D eigenvalue weighted by molar-refractivity contribution is 7.09. The van der Waals surface area contributed by atoms with E-state index in [9.17, 15) is 13.2 Å². The Kier molecular flexibility index (Phi) is 4.48. The molecule has 16 heavy (non-hydrogen) atoms. The van der Waals surface area contributed by atoms with Gasteiger partial charge in [-0.3, -0.25) is 0 Å². The molecule has 1 N–H and O–H groups in total. The van der Waals surface area contributed by atoms with Crippen LogP contribution in [0.3, 0.4) is 0 Å². The van der Waals surface area contributed by atoms with E-state index in [1.54, 1.807) is 11.9 Å². The summed E-state index contributed by atoms with van der Waals surface area (Å²) in [5.74, 6) is -1.06. The van der Waals surface area contributed by atoms with Gasteiger partial charge in [0.15, 0.2) is 0 Å². The molecule has 0 amide bonds. The zero-order chi connectivity index (χ0) is 12.2. The molecule has 92 valence electrons. The van der Waals surface area contributed by atoms with Crippen molar-refractivity contribution in [1.29, 1.82) is 0 Å². The molecule has 0 aliphatic rings. The predicted molar refractivity (Wildman–Crippen MR) is 56.7 cm³/mol. The second kappa shape index (κ2) is 5.44. The number of nitrogens with zero attached hydrogens (tertiary/aromatic N) is 3. The number of alkyl halides is 3. The number of hydrogen-bond acceptors (Lipinski definition) is 5. The van der Waals surface area contributed by atoms with Crippen molar-refractivity contribution < 1.29 is 13.2 Å². The van der Waals surface area contributed by atoms with Crippen molar-refractivity contribution in [3.05, 3.63) is 5.82 Å². The molecular formula is C8H13F3N4S. The van der Waals surface area contributed by atoms with Crippen LogP contribution < -0.4 is 10.2 Å². The van der Waals surface area contributed by atoms with Gasteiger partial charge in [-0.15, -0.1) is 0 Å². The third-order valence-electron chi connectivity index (χ3n) is 1.92. The van der Waals surface area contributed by atoms with Gasteiger partial charge in [-0.25, -0.2) is 0 Å². The molecule has 0 saturated heterocycles. The zero-order valence-corrected chi connectivity index (χ0v) is 9.82. The summed E-state index contributed by atoms with van der Waals surface area (Å²) in [4.78, 5) is 5.12. The van der Waals surface area contributed by atoms with Gasteiger partial charge in [-0.1, -0.05) is 0 Å². The van der Waals surface area contributed by atoms with E-state index >= 15 is 0 Å². The average molecular weight is 254 g/mol. The lowest BCUT2D eigenvalue weighted by Gasteiger charge is -2.14. The lowest BCUT2D eigenvalue weighted by molar-refractivity contribution is -0.144. The highest BCUT2D eigenvalue weighted by Gasteiger charge is 2.36. The van der Waals surface area contributed by atoms with E-state index in [4.69, 9.17) is 0 Å². The maximum absolute atomic E-state index is 12.2.